The van der Waals surface area contributed by atoms with Gasteiger partial charge in [0, 0.05) is 12.6 Å². The van der Waals surface area contributed by atoms with Gasteiger partial charge in [-0.2, -0.15) is 0 Å². The number of hydrogen-bond acceptors (Lipinski definition) is 7. The number of nitrogens with one attached hydrogen (secondary N) is 1. The summed E-state index contributed by atoms with van der Waals surface area (Å²) >= 11 is 2.44. The molecule has 0 aliphatic heterocycles. The Hall–Kier alpha value is -2.33. The Balaban J connectivity index is 1.71. The molecule has 0 saturated heterocycles. The van der Waals surface area contributed by atoms with Crippen LogP contribution in [0.2, 0.25) is 0 Å². The molecule has 8 nitrogen and oxygen atoms in total. The van der Waals surface area contributed by atoms with E-state index in [0.717, 1.165) is 17.1 Å². The molecule has 3 rings (SSSR count). The molecular formula is C18H22N4O4S2. The molecule has 0 aromatic carbocycles. The number of carbonyl (C=O) groups is 2. The van der Waals surface area contributed by atoms with Crippen molar-refractivity contribution in [1.29, 1.82) is 0 Å². The third kappa shape index (κ3) is 5.59. The number of hydrogen-bond donors (Lipinski definition) is 2. The smallest absolute Gasteiger partial charge is 0.328 e. The maximum atomic E-state index is 13.0. The Morgan fingerprint density at radius 2 is 2.11 bits per heavy atom. The second kappa shape index (κ2) is 9.74. The van der Waals surface area contributed by atoms with Crippen molar-refractivity contribution in [2.45, 2.75) is 29.9 Å². The molecule has 2 N–H and O–H groups in total. The zero-order valence-corrected chi connectivity index (χ0v) is 17.1. The first kappa shape index (κ1) is 20.4. The molecule has 2 aromatic heterocycles. The molecule has 2 heterocycles. The van der Waals surface area contributed by atoms with Gasteiger partial charge < -0.3 is 9.84 Å². The van der Waals surface area contributed by atoms with Crippen LogP contribution in [-0.4, -0.2) is 46.5 Å². The van der Waals surface area contributed by atoms with Crippen LogP contribution in [0.15, 0.2) is 28.7 Å². The van der Waals surface area contributed by atoms with Gasteiger partial charge in [-0.3, -0.25) is 15.0 Å². The Morgan fingerprint density at radius 1 is 1.32 bits per heavy atom. The molecule has 1 saturated carbocycles. The fourth-order valence-corrected chi connectivity index (χ4v) is 4.67. The molecule has 0 unspecified atom stereocenters. The van der Waals surface area contributed by atoms with Crippen molar-refractivity contribution in [1.82, 2.24) is 9.97 Å². The van der Waals surface area contributed by atoms with Crippen LogP contribution in [0.4, 0.5) is 15.6 Å². The van der Waals surface area contributed by atoms with E-state index in [-0.39, 0.29) is 11.8 Å². The molecule has 2 amide bonds. The van der Waals surface area contributed by atoms with Crippen molar-refractivity contribution in [3.63, 3.8) is 0 Å². The lowest BCUT2D eigenvalue weighted by Crippen LogP contribution is -2.38. The summed E-state index contributed by atoms with van der Waals surface area (Å²) in [4.78, 5) is 33.7. The van der Waals surface area contributed by atoms with Gasteiger partial charge in [-0.1, -0.05) is 24.2 Å². The lowest BCUT2D eigenvalue weighted by molar-refractivity contribution is -0.133. The molecule has 1 fully saturated rings. The van der Waals surface area contributed by atoms with Crippen LogP contribution in [0.25, 0.3) is 0 Å². The molecule has 1 aliphatic carbocycles. The van der Waals surface area contributed by atoms with E-state index in [1.807, 2.05) is 6.07 Å². The molecule has 0 spiro atoms. The van der Waals surface area contributed by atoms with Crippen LogP contribution in [0.3, 0.4) is 0 Å². The minimum Gasteiger partial charge on any atom is -0.481 e. The first-order valence-corrected chi connectivity index (χ1v) is 10.7. The quantitative estimate of drug-likeness (QED) is 0.621. The zero-order chi connectivity index (χ0) is 19.9. The first-order valence-electron chi connectivity index (χ1n) is 8.94. The minimum absolute atomic E-state index is 0.0408. The number of ether oxygens (including phenoxy) is 1. The van der Waals surface area contributed by atoms with E-state index in [2.05, 4.69) is 15.3 Å². The first-order chi connectivity index (χ1) is 13.5. The molecule has 150 valence electrons. The summed E-state index contributed by atoms with van der Waals surface area (Å²) in [5.74, 6) is 0.0236. The van der Waals surface area contributed by atoms with Crippen LogP contribution in [0.5, 0.6) is 5.88 Å². The summed E-state index contributed by atoms with van der Waals surface area (Å²) in [6.45, 7) is 0.617. The van der Waals surface area contributed by atoms with E-state index in [1.54, 1.807) is 30.5 Å². The molecule has 0 radical (unpaired) electrons. The van der Waals surface area contributed by atoms with Crippen LogP contribution in [0.1, 0.15) is 25.7 Å². The number of carbonyl (C=O) groups excluding carboxylic acids is 1. The molecular weight excluding hydrogens is 400 g/mol. The van der Waals surface area contributed by atoms with Gasteiger partial charge in [-0.25, -0.2) is 14.8 Å². The number of amides is 2. The predicted molar refractivity (Wildman–Crippen MR) is 110 cm³/mol. The molecule has 28 heavy (non-hydrogen) atoms. The SMILES string of the molecule is COc1ccc(N(CC2CCCC2)C(=O)Nc2ncc(SCC(=O)O)s2)cn1. The maximum absolute atomic E-state index is 13.0. The summed E-state index contributed by atoms with van der Waals surface area (Å²) in [5.41, 5.74) is 0.697. The summed E-state index contributed by atoms with van der Waals surface area (Å²) in [7, 11) is 1.55. The number of methoxy groups -OCH3 is 1. The third-order valence-electron chi connectivity index (χ3n) is 4.44. The highest BCUT2D eigenvalue weighted by Crippen LogP contribution is 2.30. The highest BCUT2D eigenvalue weighted by Gasteiger charge is 2.24. The van der Waals surface area contributed by atoms with E-state index in [4.69, 9.17) is 9.84 Å². The highest BCUT2D eigenvalue weighted by molar-refractivity contribution is 8.01. The molecule has 1 aliphatic rings. The number of carboxylic acid groups (broad SMARTS) is 1. The highest BCUT2D eigenvalue weighted by atomic mass is 32.2. The molecule has 0 atom stereocenters. The minimum atomic E-state index is -0.890. The average Bonchev–Trinajstić information content (AvgIpc) is 3.36. The topological polar surface area (TPSA) is 105 Å². The fourth-order valence-electron chi connectivity index (χ4n) is 3.09. The summed E-state index contributed by atoms with van der Waals surface area (Å²) < 4.78 is 5.84. The van der Waals surface area contributed by atoms with Gasteiger partial charge in [0.1, 0.15) is 0 Å². The number of pyridine rings is 1. The average molecular weight is 423 g/mol. The van der Waals surface area contributed by atoms with E-state index < -0.39 is 5.97 Å². The van der Waals surface area contributed by atoms with Crippen molar-refractivity contribution < 1.29 is 19.4 Å². The van der Waals surface area contributed by atoms with E-state index >= 15 is 0 Å². The largest absolute Gasteiger partial charge is 0.481 e. The second-order valence-electron chi connectivity index (χ2n) is 6.42. The number of nitrogens with zero attached hydrogens (tertiary/aromatic N) is 3. The standard InChI is InChI=1S/C18H22N4O4S2/c1-26-14-7-6-13(8-19-14)22(10-12-4-2-3-5-12)18(25)21-17-20-9-16(28-17)27-11-15(23)24/h6-9,12H,2-5,10-11H2,1H3,(H,23,24)(H,20,21,25). The van der Waals surface area contributed by atoms with Crippen molar-refractivity contribution in [2.24, 2.45) is 5.92 Å². The van der Waals surface area contributed by atoms with Crippen molar-refractivity contribution in [3.8, 4) is 5.88 Å². The zero-order valence-electron chi connectivity index (χ0n) is 15.5. The Kier molecular flexibility index (Phi) is 7.10. The number of carboxylic acids is 1. The van der Waals surface area contributed by atoms with Crippen LogP contribution < -0.4 is 15.0 Å². The Labute approximate surface area is 171 Å². The fraction of sp³-hybridized carbons (Fsp3) is 0.444. The number of aromatic nitrogens is 2. The van der Waals surface area contributed by atoms with E-state index in [9.17, 15) is 9.59 Å². The normalized spacial score (nSPS) is 14.0. The number of urea groups is 1. The number of thiazole rings is 1. The lowest BCUT2D eigenvalue weighted by atomic mass is 10.1. The predicted octanol–water partition coefficient (Wildman–Crippen LogP) is 3.95. The van der Waals surface area contributed by atoms with Crippen LogP contribution in [0, 0.1) is 5.92 Å². The van der Waals surface area contributed by atoms with Gasteiger partial charge in [-0.05, 0) is 24.8 Å². The van der Waals surface area contributed by atoms with Crippen molar-refractivity contribution in [2.75, 3.05) is 29.6 Å². The maximum Gasteiger partial charge on any atom is 0.328 e. The lowest BCUT2D eigenvalue weighted by Gasteiger charge is -2.25. The van der Waals surface area contributed by atoms with E-state index in [1.165, 1.54) is 35.9 Å². The van der Waals surface area contributed by atoms with Gasteiger partial charge in [-0.15, -0.1) is 11.8 Å². The van der Waals surface area contributed by atoms with Crippen LogP contribution >= 0.6 is 23.1 Å². The van der Waals surface area contributed by atoms with Crippen molar-refractivity contribution in [3.05, 3.63) is 24.5 Å². The van der Waals surface area contributed by atoms with E-state index in [0.29, 0.717) is 29.2 Å². The van der Waals surface area contributed by atoms with Gasteiger partial charge in [0.25, 0.3) is 0 Å². The molecule has 2 aromatic rings. The number of rotatable bonds is 8. The monoisotopic (exact) mass is 422 g/mol. The van der Waals surface area contributed by atoms with Crippen LogP contribution in [-0.2, 0) is 4.79 Å². The Bertz CT molecular complexity index is 806. The van der Waals surface area contributed by atoms with Gasteiger partial charge in [0.2, 0.25) is 5.88 Å². The summed E-state index contributed by atoms with van der Waals surface area (Å²) in [5, 5.41) is 12.0. The summed E-state index contributed by atoms with van der Waals surface area (Å²) in [6.07, 6.45) is 7.81. The third-order valence-corrected chi connectivity index (χ3v) is 6.53. The Morgan fingerprint density at radius 3 is 2.75 bits per heavy atom. The van der Waals surface area contributed by atoms with Gasteiger partial charge in [0.15, 0.2) is 5.13 Å². The number of thioether (sulfide) groups is 1. The summed E-state index contributed by atoms with van der Waals surface area (Å²) in [6, 6.07) is 3.27. The van der Waals surface area contributed by atoms with Gasteiger partial charge >= 0.3 is 12.0 Å². The van der Waals surface area contributed by atoms with Crippen molar-refractivity contribution >= 4 is 45.9 Å². The molecule has 0 bridgehead atoms. The number of aliphatic carboxylic acids is 1. The molecule has 10 heteroatoms. The second-order valence-corrected chi connectivity index (χ2v) is 8.72. The number of anilines is 2. The van der Waals surface area contributed by atoms with Gasteiger partial charge in [0.05, 0.1) is 35.2 Å².